The van der Waals surface area contributed by atoms with Crippen LogP contribution in [0.15, 0.2) is 36.5 Å². The molecular weight excluding hydrogens is 1180 g/mol. The monoisotopic (exact) mass is 1340 g/mol. The molecule has 0 saturated carbocycles. The number of esters is 1. The van der Waals surface area contributed by atoms with Gasteiger partial charge in [-0.05, 0) is 70.6 Å². The van der Waals surface area contributed by atoms with Gasteiger partial charge in [-0.2, -0.15) is 0 Å². The van der Waals surface area contributed by atoms with Crippen molar-refractivity contribution in [3.05, 3.63) is 36.5 Å². The number of rotatable bonds is 75. The van der Waals surface area contributed by atoms with Crippen molar-refractivity contribution in [3.8, 4) is 0 Å². The molecule has 0 radical (unpaired) electrons. The van der Waals surface area contributed by atoms with Crippen LogP contribution < -0.4 is 5.32 Å². The molecule has 1 aliphatic rings. The molecule has 0 aromatic heterocycles. The zero-order valence-corrected chi connectivity index (χ0v) is 62.7. The average molecular weight is 1340 g/mol. The van der Waals surface area contributed by atoms with Gasteiger partial charge in [0.1, 0.15) is 24.4 Å². The van der Waals surface area contributed by atoms with Gasteiger partial charge in [-0.1, -0.05) is 378 Å². The summed E-state index contributed by atoms with van der Waals surface area (Å²) in [5.41, 5.74) is 0. The Morgan fingerprint density at radius 3 is 1.04 bits per heavy atom. The highest BCUT2D eigenvalue weighted by atomic mass is 16.7. The molecule has 11 nitrogen and oxygen atoms in total. The Labute approximate surface area is 587 Å². The molecule has 1 saturated heterocycles. The maximum atomic E-state index is 13.1. The molecule has 7 unspecified atom stereocenters. The zero-order chi connectivity index (χ0) is 68.6. The number of hydrogen-bond acceptors (Lipinski definition) is 10. The van der Waals surface area contributed by atoms with Gasteiger partial charge in [0.15, 0.2) is 6.29 Å². The summed E-state index contributed by atoms with van der Waals surface area (Å²) in [5, 5.41) is 54.4. The third-order valence-corrected chi connectivity index (χ3v) is 20.0. The maximum absolute atomic E-state index is 13.1. The summed E-state index contributed by atoms with van der Waals surface area (Å²) < 4.78 is 16.8. The first kappa shape index (κ1) is 90.9. The third kappa shape index (κ3) is 61.5. The summed E-state index contributed by atoms with van der Waals surface area (Å²) in [6.45, 7) is 4.37. The van der Waals surface area contributed by atoms with Gasteiger partial charge in [0.2, 0.25) is 5.91 Å². The summed E-state index contributed by atoms with van der Waals surface area (Å²) in [6.07, 6.45) is 86.4. The van der Waals surface area contributed by atoms with Gasteiger partial charge >= 0.3 is 5.97 Å². The molecule has 6 N–H and O–H groups in total. The predicted octanol–water partition coefficient (Wildman–Crippen LogP) is 22.9. The van der Waals surface area contributed by atoms with Crippen LogP contribution in [0.4, 0.5) is 0 Å². The van der Waals surface area contributed by atoms with Crippen molar-refractivity contribution < 1.29 is 49.3 Å². The van der Waals surface area contributed by atoms with Gasteiger partial charge in [-0.3, -0.25) is 9.59 Å². The largest absolute Gasteiger partial charge is 0.466 e. The number of ether oxygens (including phenoxy) is 3. The third-order valence-electron chi connectivity index (χ3n) is 20.0. The molecule has 1 fully saturated rings. The van der Waals surface area contributed by atoms with Crippen LogP contribution in [0.5, 0.6) is 0 Å². The number of carbonyl (C=O) groups excluding carboxylic acids is 2. The van der Waals surface area contributed by atoms with Crippen molar-refractivity contribution in [2.75, 3.05) is 19.8 Å². The van der Waals surface area contributed by atoms with Crippen LogP contribution in [0.2, 0.25) is 0 Å². The lowest BCUT2D eigenvalue weighted by Gasteiger charge is -2.40. The number of amides is 1. The summed E-state index contributed by atoms with van der Waals surface area (Å²) >= 11 is 0. The second-order valence-corrected chi connectivity index (χ2v) is 29.2. The lowest BCUT2D eigenvalue weighted by Crippen LogP contribution is -2.60. The van der Waals surface area contributed by atoms with E-state index >= 15 is 0 Å². The quantitative estimate of drug-likeness (QED) is 0.0195. The summed E-state index contributed by atoms with van der Waals surface area (Å²) in [7, 11) is 0. The minimum absolute atomic E-state index is 0.0214. The fourth-order valence-electron chi connectivity index (χ4n) is 13.5. The fraction of sp³-hybridized carbons (Fsp3) is 0.905. The number of unbranched alkanes of at least 4 members (excludes halogenated alkanes) is 57. The number of hydrogen-bond donors (Lipinski definition) is 6. The highest BCUT2D eigenvalue weighted by molar-refractivity contribution is 5.76. The highest BCUT2D eigenvalue weighted by Crippen LogP contribution is 2.24. The van der Waals surface area contributed by atoms with E-state index in [-0.39, 0.29) is 18.5 Å². The van der Waals surface area contributed by atoms with Gasteiger partial charge in [0.05, 0.1) is 32.0 Å². The van der Waals surface area contributed by atoms with E-state index in [0.29, 0.717) is 19.4 Å². The van der Waals surface area contributed by atoms with Crippen LogP contribution >= 0.6 is 0 Å². The molecule has 1 amide bonds. The zero-order valence-electron chi connectivity index (χ0n) is 62.7. The SMILES string of the molecule is CCCCCCC/C=C/CC/C=C/C(O)C(COC1OC(CO)C(O)C(O)C1O)NC(=O)CCCCCCCCCCCCCCCCCCC/C=C\CCCCCCCCCCCCCCCCCCCCOC(=O)CCCCCCCCCCCCCCCCCCC. The Hall–Kier alpha value is -2.12. The Morgan fingerprint density at radius 2 is 0.684 bits per heavy atom. The van der Waals surface area contributed by atoms with E-state index in [2.05, 4.69) is 43.5 Å². The first-order valence-electron chi connectivity index (χ1n) is 41.8. The number of nitrogens with one attached hydrogen (secondary N) is 1. The van der Waals surface area contributed by atoms with Crippen LogP contribution in [0, 0.1) is 0 Å². The minimum atomic E-state index is -1.57. The number of aliphatic hydroxyl groups excluding tert-OH is 5. The summed E-state index contributed by atoms with van der Waals surface area (Å²) in [6, 6.07) is -0.824. The number of carbonyl (C=O) groups is 2. The lowest BCUT2D eigenvalue weighted by molar-refractivity contribution is -0.302. The number of allylic oxidation sites excluding steroid dienone is 5. The van der Waals surface area contributed by atoms with E-state index < -0.39 is 49.5 Å². The van der Waals surface area contributed by atoms with Gasteiger partial charge < -0.3 is 45.1 Å². The van der Waals surface area contributed by atoms with Gasteiger partial charge in [0.25, 0.3) is 0 Å². The minimum Gasteiger partial charge on any atom is -0.466 e. The van der Waals surface area contributed by atoms with Crippen LogP contribution in [0.1, 0.15) is 425 Å². The normalized spacial score (nSPS) is 17.5. The van der Waals surface area contributed by atoms with E-state index in [1.807, 2.05) is 6.08 Å². The lowest BCUT2D eigenvalue weighted by atomic mass is 9.99. The second kappa shape index (κ2) is 73.1. The van der Waals surface area contributed by atoms with E-state index in [4.69, 9.17) is 14.2 Å². The molecule has 11 heteroatoms. The van der Waals surface area contributed by atoms with Crippen molar-refractivity contribution in [2.45, 2.75) is 468 Å². The topological polar surface area (TPSA) is 175 Å². The van der Waals surface area contributed by atoms with E-state index in [1.165, 1.54) is 347 Å². The van der Waals surface area contributed by atoms with Crippen molar-refractivity contribution in [1.82, 2.24) is 5.32 Å². The fourth-order valence-corrected chi connectivity index (χ4v) is 13.5. The maximum Gasteiger partial charge on any atom is 0.305 e. The molecule has 0 bridgehead atoms. The summed E-state index contributed by atoms with van der Waals surface area (Å²) in [4.78, 5) is 25.2. The van der Waals surface area contributed by atoms with Gasteiger partial charge in [0, 0.05) is 12.8 Å². The second-order valence-electron chi connectivity index (χ2n) is 29.2. The Kier molecular flexibility index (Phi) is 69.9. The molecular formula is C84H159NO10. The van der Waals surface area contributed by atoms with Gasteiger partial charge in [-0.25, -0.2) is 0 Å². The van der Waals surface area contributed by atoms with Crippen LogP contribution in [0.25, 0.3) is 0 Å². The molecule has 7 atom stereocenters. The Morgan fingerprint density at radius 1 is 0.379 bits per heavy atom. The molecule has 1 heterocycles. The van der Waals surface area contributed by atoms with Crippen LogP contribution in [-0.4, -0.2) is 100 Å². The molecule has 95 heavy (non-hydrogen) atoms. The van der Waals surface area contributed by atoms with Crippen molar-refractivity contribution >= 4 is 11.9 Å². The molecule has 0 aromatic rings. The van der Waals surface area contributed by atoms with Crippen LogP contribution in [0.3, 0.4) is 0 Å². The molecule has 560 valence electrons. The predicted molar refractivity (Wildman–Crippen MR) is 403 cm³/mol. The van der Waals surface area contributed by atoms with Crippen molar-refractivity contribution in [1.29, 1.82) is 0 Å². The van der Waals surface area contributed by atoms with E-state index in [1.54, 1.807) is 6.08 Å². The first-order chi connectivity index (χ1) is 46.7. The molecule has 0 aromatic carbocycles. The Bertz CT molecular complexity index is 1670. The van der Waals surface area contributed by atoms with Gasteiger partial charge in [-0.15, -0.1) is 0 Å². The molecule has 1 aliphatic heterocycles. The van der Waals surface area contributed by atoms with E-state index in [9.17, 15) is 35.1 Å². The van der Waals surface area contributed by atoms with Crippen molar-refractivity contribution in [3.63, 3.8) is 0 Å². The molecule has 1 rings (SSSR count). The van der Waals surface area contributed by atoms with Crippen molar-refractivity contribution in [2.24, 2.45) is 0 Å². The molecule has 0 aliphatic carbocycles. The Balaban J connectivity index is 1.85. The first-order valence-corrected chi connectivity index (χ1v) is 41.8. The number of aliphatic hydroxyl groups is 5. The summed E-state index contributed by atoms with van der Waals surface area (Å²) in [5.74, 6) is -0.165. The highest BCUT2D eigenvalue weighted by Gasteiger charge is 2.44. The van der Waals surface area contributed by atoms with E-state index in [0.717, 1.165) is 51.4 Å². The molecule has 0 spiro atoms. The smallest absolute Gasteiger partial charge is 0.305 e. The average Bonchev–Trinajstić information content (AvgIpc) is 0.858. The standard InChI is InChI=1S/C84H159NO10/c1-3-5-7-9-11-13-15-16-17-41-45-48-52-56-60-64-68-72-80(89)93-73-69-65-61-57-53-49-46-43-40-38-36-34-32-30-28-26-24-22-20-18-19-21-23-25-27-29-31-33-35-37-39-42-44-47-51-55-59-63-67-71-79(88)85-76(75-94-84-83(92)82(91)81(90)78(74-86)95-84)77(87)70-66-62-58-54-50-14-12-10-8-6-4-2/h18-19,50,54,66,70,76-78,81-84,86-87,90-92H,3-17,20-49,51-53,55-65,67-69,71-75H2,1-2H3,(H,85,88)/b19-18-,54-50+,70-66+. The van der Waals surface area contributed by atoms with Crippen LogP contribution in [-0.2, 0) is 23.8 Å².